The summed E-state index contributed by atoms with van der Waals surface area (Å²) in [5, 5.41) is 0. The van der Waals surface area contributed by atoms with Crippen LogP contribution < -0.4 is 9.89 Å². The molecule has 0 aliphatic rings. The van der Waals surface area contributed by atoms with E-state index < -0.39 is 21.7 Å². The van der Waals surface area contributed by atoms with Crippen molar-refractivity contribution in [2.75, 3.05) is 7.05 Å². The number of benzene rings is 2. The van der Waals surface area contributed by atoms with Gasteiger partial charge in [-0.3, -0.25) is 0 Å². The van der Waals surface area contributed by atoms with Gasteiger partial charge in [0, 0.05) is 0 Å². The summed E-state index contributed by atoms with van der Waals surface area (Å²) in [5.41, 5.74) is 10.8. The van der Waals surface area contributed by atoms with Crippen molar-refractivity contribution in [2.45, 2.75) is 57.9 Å². The number of aryl methyl sites for hydroxylation is 3. The van der Waals surface area contributed by atoms with Gasteiger partial charge in [0.05, 0.1) is 0 Å². The molecule has 0 bridgehead atoms. The number of H-pyrrole nitrogens is 1. The molecule has 9 heteroatoms. The number of hydrogen-bond donors (Lipinski definition) is 2. The minimum atomic E-state index is -4.14. The molecule has 35 heavy (non-hydrogen) atoms. The molecule has 0 spiro atoms. The molecule has 7 nitrogen and oxygen atoms in total. The molecule has 1 aromatic heterocycles. The predicted octanol–water partition coefficient (Wildman–Crippen LogP) is 3.24. The van der Waals surface area contributed by atoms with E-state index in [-0.39, 0.29) is 26.7 Å². The molecule has 187 valence electrons. The second-order valence-electron chi connectivity index (χ2n) is 9.03. The Morgan fingerprint density at radius 1 is 0.943 bits per heavy atom. The molecule has 2 amide bonds. The first-order chi connectivity index (χ1) is 16.2. The van der Waals surface area contributed by atoms with Gasteiger partial charge in [-0.1, -0.05) is 6.07 Å². The summed E-state index contributed by atoms with van der Waals surface area (Å²) in [5.74, 6) is -1.38. The van der Waals surface area contributed by atoms with Gasteiger partial charge in [-0.25, -0.2) is 0 Å². The minimum absolute atomic E-state index is 0.0265. The van der Waals surface area contributed by atoms with Gasteiger partial charge < -0.3 is 0 Å². The number of amides is 2. The van der Waals surface area contributed by atoms with Gasteiger partial charge in [0.1, 0.15) is 0 Å². The summed E-state index contributed by atoms with van der Waals surface area (Å²) in [6.07, 6.45) is 0. The number of carbonyl (C=O) groups is 2. The van der Waals surface area contributed by atoms with Crippen LogP contribution in [0.1, 0.15) is 59.9 Å². The quantitative estimate of drug-likeness (QED) is 0.435. The molecule has 3 N–H and O–H groups in total. The van der Waals surface area contributed by atoms with E-state index in [1.165, 1.54) is 11.8 Å². The third-order valence-electron chi connectivity index (χ3n) is 6.40. The molecule has 0 atom stereocenters. The number of nitrogens with zero attached hydrogens (tertiary/aromatic N) is 1. The van der Waals surface area contributed by atoms with Crippen molar-refractivity contribution >= 4 is 25.8 Å². The van der Waals surface area contributed by atoms with Crippen LogP contribution in [0.4, 0.5) is 0 Å². The number of rotatable bonds is 6. The number of primary amides is 1. The normalized spacial score (nSPS) is 11.5. The van der Waals surface area contributed by atoms with Gasteiger partial charge in [0.2, 0.25) is 0 Å². The van der Waals surface area contributed by atoms with Crippen LogP contribution in [0.25, 0.3) is 0 Å². The van der Waals surface area contributed by atoms with E-state index in [9.17, 15) is 18.0 Å². The van der Waals surface area contributed by atoms with Crippen LogP contribution >= 0.6 is 0 Å². The molecule has 0 fully saturated rings. The van der Waals surface area contributed by atoms with Crippen molar-refractivity contribution in [3.63, 3.8) is 0 Å². The average molecular weight is 582 g/mol. The van der Waals surface area contributed by atoms with Gasteiger partial charge >= 0.3 is 179 Å². The summed E-state index contributed by atoms with van der Waals surface area (Å²) in [7, 11) is -2.50. The number of nitrogens with one attached hydrogen (secondary N) is 1. The molecule has 0 aliphatic heterocycles. The fourth-order valence-corrected chi connectivity index (χ4v) is 6.71. The number of aromatic nitrogens is 1. The van der Waals surface area contributed by atoms with E-state index in [1.54, 1.807) is 20.0 Å². The molecular weight excluding hydrogens is 551 g/mol. The van der Waals surface area contributed by atoms with E-state index in [4.69, 9.17) is 5.73 Å². The monoisotopic (exact) mass is 582 g/mol. The first-order valence-electron chi connectivity index (χ1n) is 11.0. The molecule has 0 saturated carbocycles. The molecule has 0 aliphatic carbocycles. The van der Waals surface area contributed by atoms with E-state index in [2.05, 4.69) is 23.3 Å². The number of nitrogens with two attached hydrogens (primary N) is 1. The van der Waals surface area contributed by atoms with Gasteiger partial charge in [0.15, 0.2) is 0 Å². The first kappa shape index (κ1) is 26.8. The number of aromatic amines is 1. The van der Waals surface area contributed by atoms with Crippen LogP contribution in [-0.2, 0) is 34.7 Å². The Bertz CT molecular complexity index is 1470. The van der Waals surface area contributed by atoms with Crippen molar-refractivity contribution in [3.05, 3.63) is 74.6 Å². The second kappa shape index (κ2) is 9.71. The predicted molar refractivity (Wildman–Crippen MR) is 131 cm³/mol. The maximum atomic E-state index is 13.8. The number of carbonyl (C=O) groups excluding carboxylic acids is 2. The van der Waals surface area contributed by atoms with E-state index in [0.717, 1.165) is 32.0 Å². The van der Waals surface area contributed by atoms with Crippen molar-refractivity contribution in [1.82, 2.24) is 9.88 Å². The van der Waals surface area contributed by atoms with E-state index in [1.807, 2.05) is 45.9 Å². The Kier molecular flexibility index (Phi) is 7.44. The zero-order chi connectivity index (χ0) is 26.4. The van der Waals surface area contributed by atoms with Crippen LogP contribution in [0.15, 0.2) is 34.1 Å². The van der Waals surface area contributed by atoms with Crippen LogP contribution in [0.2, 0.25) is 0 Å². The van der Waals surface area contributed by atoms with Crippen molar-refractivity contribution in [1.29, 1.82) is 0 Å². The Morgan fingerprint density at radius 3 is 2.17 bits per heavy atom. The SMILES string of the molecule is Cc1cc(C)c(C)c(S(=O)(=O)c2c(C(N)=O)[nH]c(C(=O)N(C)Cc3ccc(C)[c]([Ru])c3C)c2C)c1. The summed E-state index contributed by atoms with van der Waals surface area (Å²) < 4.78 is 28.6. The fraction of sp³-hybridized carbons (Fsp3) is 0.308. The summed E-state index contributed by atoms with van der Waals surface area (Å²) in [6.45, 7) is 11.2. The zero-order valence-corrected chi connectivity index (χ0v) is 23.5. The molecule has 2 aromatic carbocycles. The molecule has 1 heterocycles. The summed E-state index contributed by atoms with van der Waals surface area (Å²) in [6, 6.07) is 7.43. The van der Waals surface area contributed by atoms with Crippen LogP contribution in [0.5, 0.6) is 0 Å². The van der Waals surface area contributed by atoms with Crippen molar-refractivity contribution in [2.24, 2.45) is 5.73 Å². The molecule has 3 rings (SSSR count). The Balaban J connectivity index is 2.11. The molecule has 0 saturated heterocycles. The van der Waals surface area contributed by atoms with Gasteiger partial charge in [-0.15, -0.1) is 0 Å². The Morgan fingerprint density at radius 2 is 1.57 bits per heavy atom. The average Bonchev–Trinajstić information content (AvgIpc) is 3.14. The first-order valence-corrected chi connectivity index (χ1v) is 13.4. The molecule has 0 radical (unpaired) electrons. The Labute approximate surface area is 216 Å². The second-order valence-corrected chi connectivity index (χ2v) is 11.8. The van der Waals surface area contributed by atoms with E-state index >= 15 is 0 Å². The topological polar surface area (TPSA) is 113 Å². The van der Waals surface area contributed by atoms with Crippen molar-refractivity contribution in [3.8, 4) is 0 Å². The standard InChI is InChI=1S/C26H30N3O4S.Ru/c1-14-8-9-20(17(4)10-14)13-29(7)26(31)22-19(6)24(23(28-22)25(27)30)34(32,33)21-12-15(2)11-16(3)18(21)5;/h8-9,11-12,28H,13H2,1-7H3,(H2,27,30);. The van der Waals surface area contributed by atoms with Crippen LogP contribution in [0, 0.1) is 41.5 Å². The zero-order valence-electron chi connectivity index (χ0n) is 20.9. The van der Waals surface area contributed by atoms with Gasteiger partial charge in [0.25, 0.3) is 0 Å². The number of hydrogen-bond acceptors (Lipinski definition) is 4. The third kappa shape index (κ3) is 4.84. The van der Waals surface area contributed by atoms with E-state index in [0.29, 0.717) is 12.1 Å². The molecule has 3 aromatic rings. The number of sulfone groups is 1. The van der Waals surface area contributed by atoms with Crippen molar-refractivity contribution < 1.29 is 36.3 Å². The summed E-state index contributed by atoms with van der Waals surface area (Å²) in [4.78, 5) is 29.7. The van der Waals surface area contributed by atoms with Crippen LogP contribution in [-0.4, -0.2) is 37.2 Å². The van der Waals surface area contributed by atoms with Gasteiger partial charge in [-0.2, -0.15) is 0 Å². The van der Waals surface area contributed by atoms with Crippen LogP contribution in [0.3, 0.4) is 0 Å². The maximum absolute atomic E-state index is 13.8. The molecular formula is C26H30N3O4RuS. The third-order valence-corrected chi connectivity index (χ3v) is 9.79. The molecule has 0 unspecified atom stereocenters. The fourth-order valence-electron chi connectivity index (χ4n) is 4.23. The summed E-state index contributed by atoms with van der Waals surface area (Å²) >= 11 is 2.61. The Hall–Kier alpha value is -2.77. The van der Waals surface area contributed by atoms with Gasteiger partial charge in [-0.05, 0) is 31.9 Å².